The molecule has 0 unspecified atom stereocenters. The van der Waals surface area contributed by atoms with E-state index in [1.54, 1.807) is 11.3 Å². The van der Waals surface area contributed by atoms with E-state index in [0.29, 0.717) is 0 Å². The van der Waals surface area contributed by atoms with Crippen molar-refractivity contribution in [2.45, 2.75) is 13.1 Å². The summed E-state index contributed by atoms with van der Waals surface area (Å²) in [5.74, 6) is -0.207. The van der Waals surface area contributed by atoms with Crippen LogP contribution in [0, 0.1) is 5.82 Å². The molecule has 0 saturated carbocycles. The van der Waals surface area contributed by atoms with Gasteiger partial charge in [-0.25, -0.2) is 4.39 Å². The molecule has 0 saturated heterocycles. The fourth-order valence-electron chi connectivity index (χ4n) is 1.69. The lowest BCUT2D eigenvalue weighted by Gasteiger charge is -2.16. The fraction of sp³-hybridized carbons (Fsp3) is 0.231. The summed E-state index contributed by atoms with van der Waals surface area (Å²) in [6, 6.07) is 6.96. The minimum absolute atomic E-state index is 0.207. The summed E-state index contributed by atoms with van der Waals surface area (Å²) in [6.07, 6.45) is 0. The van der Waals surface area contributed by atoms with Gasteiger partial charge in [0.05, 0.1) is 0 Å². The highest BCUT2D eigenvalue weighted by atomic mass is 79.9. The van der Waals surface area contributed by atoms with Gasteiger partial charge in [-0.3, -0.25) is 4.90 Å². The van der Waals surface area contributed by atoms with Crippen LogP contribution in [-0.2, 0) is 13.1 Å². The van der Waals surface area contributed by atoms with Crippen LogP contribution >= 0.6 is 27.3 Å². The van der Waals surface area contributed by atoms with Gasteiger partial charge in [0.25, 0.3) is 0 Å². The molecule has 2 aromatic rings. The molecule has 0 fully saturated rings. The molecule has 0 aliphatic rings. The van der Waals surface area contributed by atoms with Crippen molar-refractivity contribution < 1.29 is 4.39 Å². The summed E-state index contributed by atoms with van der Waals surface area (Å²) >= 11 is 5.10. The van der Waals surface area contributed by atoms with Crippen LogP contribution in [0.2, 0.25) is 0 Å². The number of thiophene rings is 1. The van der Waals surface area contributed by atoms with E-state index in [-0.39, 0.29) is 5.82 Å². The SMILES string of the molecule is CN(Cc1ccsc1)Cc1ccc(F)cc1Br. The van der Waals surface area contributed by atoms with Crippen molar-refractivity contribution in [1.82, 2.24) is 4.90 Å². The molecule has 90 valence electrons. The van der Waals surface area contributed by atoms with Gasteiger partial charge in [-0.1, -0.05) is 22.0 Å². The molecular formula is C13H13BrFNS. The van der Waals surface area contributed by atoms with E-state index in [4.69, 9.17) is 0 Å². The first-order valence-corrected chi connectivity index (χ1v) is 7.02. The van der Waals surface area contributed by atoms with Crippen LogP contribution in [-0.4, -0.2) is 11.9 Å². The van der Waals surface area contributed by atoms with Crippen molar-refractivity contribution in [2.24, 2.45) is 0 Å². The van der Waals surface area contributed by atoms with E-state index in [1.165, 1.54) is 17.7 Å². The summed E-state index contributed by atoms with van der Waals surface area (Å²) in [4.78, 5) is 2.21. The van der Waals surface area contributed by atoms with Gasteiger partial charge in [0.15, 0.2) is 0 Å². The Bertz CT molecular complexity index is 484. The molecule has 0 amide bonds. The lowest BCUT2D eigenvalue weighted by atomic mass is 10.2. The lowest BCUT2D eigenvalue weighted by Crippen LogP contribution is -2.17. The first kappa shape index (κ1) is 12.7. The van der Waals surface area contributed by atoms with E-state index >= 15 is 0 Å². The van der Waals surface area contributed by atoms with E-state index < -0.39 is 0 Å². The van der Waals surface area contributed by atoms with Gasteiger partial charge in [0, 0.05) is 17.6 Å². The predicted molar refractivity (Wildman–Crippen MR) is 73.6 cm³/mol. The number of hydrogen-bond donors (Lipinski definition) is 0. The molecule has 0 atom stereocenters. The van der Waals surface area contributed by atoms with Crippen LogP contribution in [0.25, 0.3) is 0 Å². The van der Waals surface area contributed by atoms with Crippen LogP contribution in [0.1, 0.15) is 11.1 Å². The minimum atomic E-state index is -0.207. The minimum Gasteiger partial charge on any atom is -0.298 e. The molecule has 0 spiro atoms. The van der Waals surface area contributed by atoms with E-state index in [1.807, 2.05) is 6.07 Å². The molecule has 1 nitrogen and oxygen atoms in total. The average molecular weight is 314 g/mol. The van der Waals surface area contributed by atoms with Gasteiger partial charge in [-0.2, -0.15) is 11.3 Å². The largest absolute Gasteiger partial charge is 0.298 e. The van der Waals surface area contributed by atoms with Crippen LogP contribution in [0.5, 0.6) is 0 Å². The Morgan fingerprint density at radius 2 is 2.12 bits per heavy atom. The third-order valence-corrected chi connectivity index (χ3v) is 3.96. The van der Waals surface area contributed by atoms with Crippen LogP contribution in [0.4, 0.5) is 4.39 Å². The second-order valence-corrected chi connectivity index (χ2v) is 5.67. The maximum atomic E-state index is 12.9. The highest BCUT2D eigenvalue weighted by molar-refractivity contribution is 9.10. The summed E-state index contributed by atoms with van der Waals surface area (Å²) in [5, 5.41) is 4.23. The van der Waals surface area contributed by atoms with Crippen molar-refractivity contribution in [3.05, 3.63) is 56.4 Å². The molecule has 1 heterocycles. The Morgan fingerprint density at radius 1 is 1.29 bits per heavy atom. The second-order valence-electron chi connectivity index (χ2n) is 4.04. The standard InChI is InChI=1S/C13H13BrFNS/c1-16(7-10-4-5-17-9-10)8-11-2-3-12(15)6-13(11)14/h2-6,9H,7-8H2,1H3. The maximum Gasteiger partial charge on any atom is 0.124 e. The van der Waals surface area contributed by atoms with Crippen LogP contribution in [0.15, 0.2) is 39.5 Å². The van der Waals surface area contributed by atoms with Crippen LogP contribution < -0.4 is 0 Å². The normalized spacial score (nSPS) is 11.1. The molecule has 0 radical (unpaired) electrons. The maximum absolute atomic E-state index is 12.9. The monoisotopic (exact) mass is 313 g/mol. The van der Waals surface area contributed by atoms with Crippen molar-refractivity contribution in [3.8, 4) is 0 Å². The van der Waals surface area contributed by atoms with Crippen molar-refractivity contribution >= 4 is 27.3 Å². The fourth-order valence-corrected chi connectivity index (χ4v) is 2.83. The first-order valence-electron chi connectivity index (χ1n) is 5.28. The molecule has 2 rings (SSSR count). The highest BCUT2D eigenvalue weighted by Gasteiger charge is 2.06. The van der Waals surface area contributed by atoms with Gasteiger partial charge in [-0.05, 0) is 47.1 Å². The molecule has 1 aromatic heterocycles. The third kappa shape index (κ3) is 3.63. The highest BCUT2D eigenvalue weighted by Crippen LogP contribution is 2.20. The molecule has 17 heavy (non-hydrogen) atoms. The quantitative estimate of drug-likeness (QED) is 0.814. The van der Waals surface area contributed by atoms with Crippen LogP contribution in [0.3, 0.4) is 0 Å². The van der Waals surface area contributed by atoms with E-state index in [9.17, 15) is 4.39 Å². The Labute approximate surface area is 113 Å². The lowest BCUT2D eigenvalue weighted by molar-refractivity contribution is 0.319. The zero-order valence-electron chi connectivity index (χ0n) is 9.49. The first-order chi connectivity index (χ1) is 8.15. The number of nitrogens with zero attached hydrogens (tertiary/aromatic N) is 1. The molecule has 0 bridgehead atoms. The molecule has 1 aromatic carbocycles. The van der Waals surface area contributed by atoms with Crippen molar-refractivity contribution in [1.29, 1.82) is 0 Å². The average Bonchev–Trinajstić information content (AvgIpc) is 2.75. The van der Waals surface area contributed by atoms with Gasteiger partial charge in [-0.15, -0.1) is 0 Å². The summed E-state index contributed by atoms with van der Waals surface area (Å²) < 4.78 is 13.8. The molecule has 0 aliphatic carbocycles. The van der Waals surface area contributed by atoms with Gasteiger partial charge < -0.3 is 0 Å². The van der Waals surface area contributed by atoms with Crippen molar-refractivity contribution in [3.63, 3.8) is 0 Å². The summed E-state index contributed by atoms with van der Waals surface area (Å²) in [5.41, 5.74) is 2.42. The Morgan fingerprint density at radius 3 is 2.76 bits per heavy atom. The zero-order valence-corrected chi connectivity index (χ0v) is 11.9. The van der Waals surface area contributed by atoms with Gasteiger partial charge in [0.1, 0.15) is 5.82 Å². The molecule has 0 N–H and O–H groups in total. The zero-order chi connectivity index (χ0) is 12.3. The number of benzene rings is 1. The Hall–Kier alpha value is -0.710. The molecular weight excluding hydrogens is 301 g/mol. The molecule has 4 heteroatoms. The Balaban J connectivity index is 2.00. The summed E-state index contributed by atoms with van der Waals surface area (Å²) in [6.45, 7) is 1.71. The molecule has 0 aliphatic heterocycles. The second kappa shape index (κ2) is 5.76. The Kier molecular flexibility index (Phi) is 4.31. The topological polar surface area (TPSA) is 3.24 Å². The number of hydrogen-bond acceptors (Lipinski definition) is 2. The third-order valence-electron chi connectivity index (χ3n) is 2.49. The number of rotatable bonds is 4. The van der Waals surface area contributed by atoms with Gasteiger partial charge in [0.2, 0.25) is 0 Å². The summed E-state index contributed by atoms with van der Waals surface area (Å²) in [7, 11) is 2.06. The smallest absolute Gasteiger partial charge is 0.124 e. The number of halogens is 2. The van der Waals surface area contributed by atoms with E-state index in [0.717, 1.165) is 23.1 Å². The van der Waals surface area contributed by atoms with E-state index in [2.05, 4.69) is 44.7 Å². The van der Waals surface area contributed by atoms with Gasteiger partial charge >= 0.3 is 0 Å². The van der Waals surface area contributed by atoms with Crippen molar-refractivity contribution in [2.75, 3.05) is 7.05 Å². The predicted octanol–water partition coefficient (Wildman–Crippen LogP) is 4.28.